The molecule has 0 saturated carbocycles. The van der Waals surface area contributed by atoms with E-state index in [9.17, 15) is 13.2 Å². The number of rotatable bonds is 5. The van der Waals surface area contributed by atoms with Gasteiger partial charge in [-0.2, -0.15) is 0 Å². The van der Waals surface area contributed by atoms with Crippen LogP contribution in [-0.2, 0) is 16.3 Å². The van der Waals surface area contributed by atoms with Crippen LogP contribution in [0.3, 0.4) is 0 Å². The van der Waals surface area contributed by atoms with E-state index < -0.39 is 15.8 Å². The third kappa shape index (κ3) is 3.06. The van der Waals surface area contributed by atoms with Gasteiger partial charge in [0, 0.05) is 0 Å². The lowest BCUT2D eigenvalue weighted by Crippen LogP contribution is -2.09. The Hall–Kier alpha value is -1.36. The van der Waals surface area contributed by atoms with Gasteiger partial charge in [-0.05, 0) is 30.5 Å². The Kier molecular flexibility index (Phi) is 4.28. The molecule has 0 spiro atoms. The first-order valence-electron chi connectivity index (χ1n) is 5.51. The number of carboxylic acid groups (broad SMARTS) is 1. The summed E-state index contributed by atoms with van der Waals surface area (Å²) in [5, 5.41) is 9.02. The molecule has 0 bridgehead atoms. The molecule has 1 rings (SSSR count). The lowest BCUT2D eigenvalue weighted by Gasteiger charge is -2.07. The van der Waals surface area contributed by atoms with Gasteiger partial charge in [0.2, 0.25) is 0 Å². The van der Waals surface area contributed by atoms with Crippen LogP contribution in [0.1, 0.15) is 36.2 Å². The topological polar surface area (TPSA) is 71.4 Å². The molecule has 1 N–H and O–H groups in total. The second-order valence-electron chi connectivity index (χ2n) is 3.80. The maximum atomic E-state index is 11.8. The lowest BCUT2D eigenvalue weighted by molar-refractivity contribution is 0.0695. The van der Waals surface area contributed by atoms with Crippen LogP contribution in [-0.4, -0.2) is 25.2 Å². The van der Waals surface area contributed by atoms with E-state index in [0.29, 0.717) is 18.4 Å². The van der Waals surface area contributed by atoms with Crippen molar-refractivity contribution < 1.29 is 18.3 Å². The average Bonchev–Trinajstić information content (AvgIpc) is 2.28. The summed E-state index contributed by atoms with van der Waals surface area (Å²) in [7, 11) is -3.35. The number of sulfone groups is 1. The minimum absolute atomic E-state index is 0.0392. The third-order valence-corrected chi connectivity index (χ3v) is 4.44. The smallest absolute Gasteiger partial charge is 0.336 e. The number of carboxylic acids is 1. The predicted molar refractivity (Wildman–Crippen MR) is 65.1 cm³/mol. The number of hydrogen-bond donors (Lipinski definition) is 1. The lowest BCUT2D eigenvalue weighted by atomic mass is 10.1. The second-order valence-corrected chi connectivity index (χ2v) is 5.91. The number of hydrogen-bond acceptors (Lipinski definition) is 3. The maximum Gasteiger partial charge on any atom is 0.336 e. The molecule has 0 aromatic heterocycles. The first kappa shape index (κ1) is 13.7. The van der Waals surface area contributed by atoms with Crippen molar-refractivity contribution in [1.29, 1.82) is 0 Å². The van der Waals surface area contributed by atoms with E-state index in [2.05, 4.69) is 0 Å². The molecule has 94 valence electrons. The quantitative estimate of drug-likeness (QED) is 0.876. The summed E-state index contributed by atoms with van der Waals surface area (Å²) < 4.78 is 23.6. The first-order chi connectivity index (χ1) is 7.92. The fourth-order valence-electron chi connectivity index (χ4n) is 1.64. The van der Waals surface area contributed by atoms with Crippen LogP contribution < -0.4 is 0 Å². The van der Waals surface area contributed by atoms with Crippen molar-refractivity contribution in [2.75, 3.05) is 5.75 Å². The van der Waals surface area contributed by atoms with E-state index in [1.165, 1.54) is 12.1 Å². The zero-order valence-corrected chi connectivity index (χ0v) is 10.8. The van der Waals surface area contributed by atoms with Crippen LogP contribution in [0.2, 0.25) is 0 Å². The van der Waals surface area contributed by atoms with Crippen molar-refractivity contribution in [3.05, 3.63) is 29.3 Å². The Labute approximate surface area is 101 Å². The van der Waals surface area contributed by atoms with Gasteiger partial charge in [-0.25, -0.2) is 13.2 Å². The van der Waals surface area contributed by atoms with Crippen molar-refractivity contribution in [3.8, 4) is 0 Å². The number of benzene rings is 1. The van der Waals surface area contributed by atoms with Gasteiger partial charge in [-0.1, -0.05) is 19.9 Å². The van der Waals surface area contributed by atoms with Gasteiger partial charge in [-0.3, -0.25) is 0 Å². The fraction of sp³-hybridized carbons (Fsp3) is 0.417. The molecule has 0 aliphatic rings. The van der Waals surface area contributed by atoms with Crippen molar-refractivity contribution in [2.45, 2.75) is 31.6 Å². The zero-order valence-electron chi connectivity index (χ0n) is 9.93. The highest BCUT2D eigenvalue weighted by atomic mass is 32.2. The monoisotopic (exact) mass is 256 g/mol. The molecule has 5 heteroatoms. The summed E-state index contributed by atoms with van der Waals surface area (Å²) in [5.74, 6) is -1.05. The Bertz CT molecular complexity index is 517. The van der Waals surface area contributed by atoms with E-state index in [4.69, 9.17) is 5.11 Å². The summed E-state index contributed by atoms with van der Waals surface area (Å²) >= 11 is 0. The molecule has 0 heterocycles. The molecule has 0 unspecified atom stereocenters. The van der Waals surface area contributed by atoms with Crippen LogP contribution >= 0.6 is 0 Å². The minimum Gasteiger partial charge on any atom is -0.478 e. The normalized spacial score (nSPS) is 11.4. The van der Waals surface area contributed by atoms with Crippen LogP contribution in [0.5, 0.6) is 0 Å². The van der Waals surface area contributed by atoms with E-state index in [1.54, 1.807) is 13.0 Å². The van der Waals surface area contributed by atoms with Crippen LogP contribution in [0.4, 0.5) is 0 Å². The highest BCUT2D eigenvalue weighted by Gasteiger charge is 2.17. The van der Waals surface area contributed by atoms with Crippen molar-refractivity contribution >= 4 is 15.8 Å². The van der Waals surface area contributed by atoms with E-state index >= 15 is 0 Å². The van der Waals surface area contributed by atoms with Crippen LogP contribution in [0, 0.1) is 0 Å². The molecule has 0 fully saturated rings. The number of aromatic carboxylic acids is 1. The summed E-state index contributed by atoms with van der Waals surface area (Å²) in [6.45, 7) is 3.61. The summed E-state index contributed by atoms with van der Waals surface area (Å²) in [4.78, 5) is 11.1. The Morgan fingerprint density at radius 2 is 1.94 bits per heavy atom. The molecular weight excluding hydrogens is 240 g/mol. The third-order valence-electron chi connectivity index (χ3n) is 2.52. The number of aryl methyl sites for hydroxylation is 1. The first-order valence-corrected chi connectivity index (χ1v) is 7.16. The maximum absolute atomic E-state index is 11.8. The van der Waals surface area contributed by atoms with Crippen molar-refractivity contribution in [1.82, 2.24) is 0 Å². The van der Waals surface area contributed by atoms with Gasteiger partial charge >= 0.3 is 5.97 Å². The SMILES string of the molecule is CCCS(=O)(=O)c1ccc(CC)c(C(=O)O)c1. The molecule has 0 aliphatic carbocycles. The molecule has 17 heavy (non-hydrogen) atoms. The van der Waals surface area contributed by atoms with Crippen molar-refractivity contribution in [3.63, 3.8) is 0 Å². The number of carbonyl (C=O) groups is 1. The summed E-state index contributed by atoms with van der Waals surface area (Å²) in [6.07, 6.45) is 1.08. The van der Waals surface area contributed by atoms with Gasteiger partial charge in [-0.15, -0.1) is 0 Å². The van der Waals surface area contributed by atoms with E-state index in [0.717, 1.165) is 0 Å². The fourth-order valence-corrected chi connectivity index (χ4v) is 2.99. The highest BCUT2D eigenvalue weighted by Crippen LogP contribution is 2.18. The predicted octanol–water partition coefficient (Wildman–Crippen LogP) is 2.13. The molecule has 1 aromatic rings. The second kappa shape index (κ2) is 5.31. The standard InChI is InChI=1S/C12H16O4S/c1-3-7-17(15,16)10-6-5-9(4-2)11(8-10)12(13)14/h5-6,8H,3-4,7H2,1-2H3,(H,13,14). The van der Waals surface area contributed by atoms with Gasteiger partial charge in [0.05, 0.1) is 16.2 Å². The van der Waals surface area contributed by atoms with Gasteiger partial charge in [0.25, 0.3) is 0 Å². The van der Waals surface area contributed by atoms with Gasteiger partial charge in [0.15, 0.2) is 9.84 Å². The molecule has 0 saturated heterocycles. The molecule has 0 aliphatic heterocycles. The average molecular weight is 256 g/mol. The molecule has 1 aromatic carbocycles. The zero-order chi connectivity index (χ0) is 13.1. The van der Waals surface area contributed by atoms with Crippen LogP contribution in [0.25, 0.3) is 0 Å². The summed E-state index contributed by atoms with van der Waals surface area (Å²) in [6, 6.07) is 4.31. The van der Waals surface area contributed by atoms with Crippen LogP contribution in [0.15, 0.2) is 23.1 Å². The van der Waals surface area contributed by atoms with Gasteiger partial charge < -0.3 is 5.11 Å². The minimum atomic E-state index is -3.35. The van der Waals surface area contributed by atoms with E-state index in [1.807, 2.05) is 6.92 Å². The Morgan fingerprint density at radius 1 is 1.29 bits per heavy atom. The molecule has 0 radical (unpaired) electrons. The summed E-state index contributed by atoms with van der Waals surface area (Å²) in [5.41, 5.74) is 0.720. The van der Waals surface area contributed by atoms with Crippen molar-refractivity contribution in [2.24, 2.45) is 0 Å². The van der Waals surface area contributed by atoms with Gasteiger partial charge in [0.1, 0.15) is 0 Å². The highest BCUT2D eigenvalue weighted by molar-refractivity contribution is 7.91. The molecule has 4 nitrogen and oxygen atoms in total. The molecular formula is C12H16O4S. The molecule has 0 atom stereocenters. The Balaban J connectivity index is 3.31. The Morgan fingerprint density at radius 3 is 2.41 bits per heavy atom. The van der Waals surface area contributed by atoms with E-state index in [-0.39, 0.29) is 16.2 Å². The molecule has 0 amide bonds. The largest absolute Gasteiger partial charge is 0.478 e.